The summed E-state index contributed by atoms with van der Waals surface area (Å²) in [6.45, 7) is 2.02. The number of nitrogens with zero attached hydrogens (tertiary/aromatic N) is 7. The highest BCUT2D eigenvalue weighted by molar-refractivity contribution is 5.96. The van der Waals surface area contributed by atoms with Crippen molar-refractivity contribution in [2.45, 2.75) is 6.92 Å². The molecule has 0 aliphatic rings. The molecular formula is C17H14N8. The van der Waals surface area contributed by atoms with Gasteiger partial charge in [0.1, 0.15) is 12.0 Å². The Morgan fingerprint density at radius 2 is 1.88 bits per heavy atom. The number of aryl methyl sites for hydroxylation is 1. The van der Waals surface area contributed by atoms with E-state index in [1.54, 1.807) is 10.9 Å². The fraction of sp³-hybridized carbons (Fsp3) is 0.0588. The maximum atomic E-state index is 6.00. The Morgan fingerprint density at radius 1 is 1.04 bits per heavy atom. The first-order chi connectivity index (χ1) is 12.2. The summed E-state index contributed by atoms with van der Waals surface area (Å²) in [7, 11) is 0. The highest BCUT2D eigenvalue weighted by Crippen LogP contribution is 2.32. The predicted octanol–water partition coefficient (Wildman–Crippen LogP) is 3.52. The van der Waals surface area contributed by atoms with Gasteiger partial charge in [-0.05, 0) is 47.7 Å². The van der Waals surface area contributed by atoms with E-state index in [2.05, 4.69) is 30.7 Å². The van der Waals surface area contributed by atoms with Crippen LogP contribution in [0.3, 0.4) is 0 Å². The van der Waals surface area contributed by atoms with Crippen LogP contribution in [0, 0.1) is 6.92 Å². The Kier molecular flexibility index (Phi) is 3.62. The van der Waals surface area contributed by atoms with Gasteiger partial charge in [0, 0.05) is 17.0 Å². The predicted molar refractivity (Wildman–Crippen MR) is 94.2 cm³/mol. The molecule has 0 saturated carbocycles. The van der Waals surface area contributed by atoms with Crippen molar-refractivity contribution in [1.29, 1.82) is 0 Å². The Bertz CT molecular complexity index is 1050. The van der Waals surface area contributed by atoms with Gasteiger partial charge in [-0.2, -0.15) is 5.11 Å². The smallest absolute Gasteiger partial charge is 0.151 e. The maximum absolute atomic E-state index is 6.00. The number of hydrogen-bond donors (Lipinski definition) is 1. The molecule has 0 spiro atoms. The van der Waals surface area contributed by atoms with Crippen LogP contribution in [0.5, 0.6) is 0 Å². The Hall–Kier alpha value is -3.68. The molecule has 8 nitrogen and oxygen atoms in total. The van der Waals surface area contributed by atoms with E-state index in [0.717, 1.165) is 22.0 Å². The van der Waals surface area contributed by atoms with Gasteiger partial charge < -0.3 is 5.73 Å². The summed E-state index contributed by atoms with van der Waals surface area (Å²) >= 11 is 0. The summed E-state index contributed by atoms with van der Waals surface area (Å²) in [5, 5.41) is 21.6. The molecule has 8 heteroatoms. The number of hydrogen-bond acceptors (Lipinski definition) is 7. The number of tetrazole rings is 1. The lowest BCUT2D eigenvalue weighted by Gasteiger charge is -2.05. The van der Waals surface area contributed by atoms with Crippen molar-refractivity contribution in [3.8, 4) is 5.69 Å². The molecule has 0 bridgehead atoms. The number of pyridine rings is 1. The van der Waals surface area contributed by atoms with Gasteiger partial charge in [0.25, 0.3) is 0 Å². The topological polar surface area (TPSA) is 107 Å². The van der Waals surface area contributed by atoms with Gasteiger partial charge in [0.15, 0.2) is 5.82 Å². The van der Waals surface area contributed by atoms with Crippen LogP contribution >= 0.6 is 0 Å². The number of anilines is 1. The van der Waals surface area contributed by atoms with Crippen LogP contribution < -0.4 is 5.73 Å². The van der Waals surface area contributed by atoms with E-state index in [1.807, 2.05) is 49.4 Å². The Morgan fingerprint density at radius 3 is 2.64 bits per heavy atom. The molecule has 0 aliphatic heterocycles. The van der Waals surface area contributed by atoms with Crippen LogP contribution in [-0.4, -0.2) is 25.2 Å². The minimum atomic E-state index is 0.354. The zero-order valence-corrected chi connectivity index (χ0v) is 13.4. The van der Waals surface area contributed by atoms with Crippen LogP contribution in [0.4, 0.5) is 17.2 Å². The van der Waals surface area contributed by atoms with Crippen molar-refractivity contribution in [2.75, 3.05) is 5.73 Å². The molecule has 2 aromatic heterocycles. The van der Waals surface area contributed by atoms with Gasteiger partial charge >= 0.3 is 0 Å². The summed E-state index contributed by atoms with van der Waals surface area (Å²) in [5.41, 5.74) is 9.23. The molecule has 0 fully saturated rings. The number of fused-ring (bicyclic) bond motifs is 1. The van der Waals surface area contributed by atoms with Gasteiger partial charge in [-0.15, -0.1) is 10.2 Å². The largest absolute Gasteiger partial charge is 0.382 e. The molecule has 0 aliphatic carbocycles. The van der Waals surface area contributed by atoms with Gasteiger partial charge in [0.2, 0.25) is 0 Å². The van der Waals surface area contributed by atoms with Gasteiger partial charge in [-0.1, -0.05) is 17.7 Å². The van der Waals surface area contributed by atoms with Crippen molar-refractivity contribution in [1.82, 2.24) is 25.2 Å². The first kappa shape index (κ1) is 14.9. The first-order valence-electron chi connectivity index (χ1n) is 7.61. The number of aromatic nitrogens is 5. The number of nitrogens with two attached hydrogens (primary N) is 1. The lowest BCUT2D eigenvalue weighted by atomic mass is 10.1. The summed E-state index contributed by atoms with van der Waals surface area (Å²) in [6.07, 6.45) is 3.27. The SMILES string of the molecule is Cc1ccc2cnc(N)c(N=Nc3ccc(-n4cnnn4)cc3)c2c1. The summed E-state index contributed by atoms with van der Waals surface area (Å²) in [4.78, 5) is 4.20. The zero-order chi connectivity index (χ0) is 17.2. The summed E-state index contributed by atoms with van der Waals surface area (Å²) < 4.78 is 1.57. The highest BCUT2D eigenvalue weighted by atomic mass is 15.5. The van der Waals surface area contributed by atoms with E-state index in [0.29, 0.717) is 17.2 Å². The average molecular weight is 330 g/mol. The fourth-order valence-corrected chi connectivity index (χ4v) is 2.49. The van der Waals surface area contributed by atoms with E-state index in [4.69, 9.17) is 5.73 Å². The first-order valence-corrected chi connectivity index (χ1v) is 7.61. The third kappa shape index (κ3) is 2.92. The molecule has 25 heavy (non-hydrogen) atoms. The minimum Gasteiger partial charge on any atom is -0.382 e. The second-order valence-corrected chi connectivity index (χ2v) is 5.55. The van der Waals surface area contributed by atoms with Crippen LogP contribution in [0.25, 0.3) is 16.5 Å². The molecule has 4 aromatic rings. The van der Waals surface area contributed by atoms with Crippen molar-refractivity contribution < 1.29 is 0 Å². The lowest BCUT2D eigenvalue weighted by Crippen LogP contribution is -1.93. The van der Waals surface area contributed by atoms with E-state index >= 15 is 0 Å². The number of azo groups is 1. The van der Waals surface area contributed by atoms with Crippen LogP contribution in [-0.2, 0) is 0 Å². The molecule has 0 atom stereocenters. The number of rotatable bonds is 3. The van der Waals surface area contributed by atoms with E-state index in [1.165, 1.54) is 6.33 Å². The van der Waals surface area contributed by atoms with Crippen molar-refractivity contribution in [3.63, 3.8) is 0 Å². The maximum Gasteiger partial charge on any atom is 0.151 e. The molecule has 0 amide bonds. The Balaban J connectivity index is 1.69. The van der Waals surface area contributed by atoms with Crippen LogP contribution in [0.2, 0.25) is 0 Å². The van der Waals surface area contributed by atoms with Crippen molar-refractivity contribution in [2.24, 2.45) is 10.2 Å². The van der Waals surface area contributed by atoms with Gasteiger partial charge in [0.05, 0.1) is 11.4 Å². The second-order valence-electron chi connectivity index (χ2n) is 5.55. The second kappa shape index (κ2) is 6.08. The van der Waals surface area contributed by atoms with Crippen molar-refractivity contribution in [3.05, 3.63) is 60.6 Å². The summed E-state index contributed by atoms with van der Waals surface area (Å²) in [6, 6.07) is 13.4. The minimum absolute atomic E-state index is 0.354. The molecule has 0 unspecified atom stereocenters. The molecule has 0 saturated heterocycles. The van der Waals surface area contributed by atoms with Crippen molar-refractivity contribution >= 4 is 28.0 Å². The summed E-state index contributed by atoms with van der Waals surface area (Å²) in [5.74, 6) is 0.354. The fourth-order valence-electron chi connectivity index (χ4n) is 2.49. The highest BCUT2D eigenvalue weighted by Gasteiger charge is 2.07. The third-order valence-electron chi connectivity index (χ3n) is 3.78. The van der Waals surface area contributed by atoms with Gasteiger partial charge in [-0.3, -0.25) is 0 Å². The molecule has 4 rings (SSSR count). The van der Waals surface area contributed by atoms with E-state index in [9.17, 15) is 0 Å². The molecule has 2 aromatic carbocycles. The standard InChI is InChI=1S/C17H14N8/c1-11-2-3-12-9-19-17(18)16(15(12)8-11)22-21-13-4-6-14(7-5-13)25-10-20-23-24-25/h2-10H,1H3,(H2,18,19). The monoisotopic (exact) mass is 330 g/mol. The van der Waals surface area contributed by atoms with Crippen LogP contribution in [0.15, 0.2) is 65.2 Å². The molecule has 0 radical (unpaired) electrons. The van der Waals surface area contributed by atoms with E-state index in [-0.39, 0.29) is 0 Å². The van der Waals surface area contributed by atoms with Gasteiger partial charge in [-0.25, -0.2) is 9.67 Å². The quantitative estimate of drug-likeness (QED) is 0.578. The zero-order valence-electron chi connectivity index (χ0n) is 13.4. The Labute approximate surface area is 143 Å². The molecule has 2 N–H and O–H groups in total. The van der Waals surface area contributed by atoms with Crippen LogP contribution in [0.1, 0.15) is 5.56 Å². The molecular weight excluding hydrogens is 316 g/mol. The number of benzene rings is 2. The third-order valence-corrected chi connectivity index (χ3v) is 3.78. The average Bonchev–Trinajstić information content (AvgIpc) is 3.16. The molecule has 2 heterocycles. The normalized spacial score (nSPS) is 11.4. The van der Waals surface area contributed by atoms with E-state index < -0.39 is 0 Å². The lowest BCUT2D eigenvalue weighted by molar-refractivity contribution is 0.789. The molecule has 122 valence electrons. The number of nitrogen functional groups attached to an aromatic ring is 1.